The van der Waals surface area contributed by atoms with Crippen molar-refractivity contribution in [2.75, 3.05) is 44.2 Å². The smallest absolute Gasteiger partial charge is 0.233 e. The van der Waals surface area contributed by atoms with Crippen LogP contribution in [0.5, 0.6) is 0 Å². The molecule has 3 heterocycles. The van der Waals surface area contributed by atoms with Crippen LogP contribution in [0.1, 0.15) is 46.0 Å². The highest BCUT2D eigenvalue weighted by Crippen LogP contribution is 2.56. The second kappa shape index (κ2) is 9.47. The average Bonchev–Trinajstić information content (AvgIpc) is 3.66. The van der Waals surface area contributed by atoms with Crippen LogP contribution < -0.4 is 4.90 Å². The van der Waals surface area contributed by atoms with Gasteiger partial charge in [0.1, 0.15) is 5.82 Å². The number of likely N-dealkylation sites (tertiary alicyclic amines) is 1. The monoisotopic (exact) mass is 494 g/mol. The molecule has 35 heavy (non-hydrogen) atoms. The molecule has 1 aromatic carbocycles. The molecule has 2 aliphatic carbocycles. The number of rotatable bonds is 8. The van der Waals surface area contributed by atoms with Gasteiger partial charge in [-0.3, -0.25) is 19.4 Å². The van der Waals surface area contributed by atoms with Crippen molar-refractivity contribution in [2.24, 2.45) is 35.5 Å². The van der Waals surface area contributed by atoms with Crippen LogP contribution in [0, 0.1) is 35.5 Å². The number of amides is 2. The molecular formula is C28H38N4O2S. The summed E-state index contributed by atoms with van der Waals surface area (Å²) in [6.07, 6.45) is 5.51. The summed E-state index contributed by atoms with van der Waals surface area (Å²) < 4.78 is 6.01. The van der Waals surface area contributed by atoms with Crippen molar-refractivity contribution in [3.8, 4) is 0 Å². The van der Waals surface area contributed by atoms with Gasteiger partial charge in [0.2, 0.25) is 11.8 Å². The van der Waals surface area contributed by atoms with E-state index in [1.807, 2.05) is 0 Å². The molecule has 3 unspecified atom stereocenters. The maximum absolute atomic E-state index is 13.3. The number of hydrogen-bond acceptors (Lipinski definition) is 6. The van der Waals surface area contributed by atoms with E-state index in [1.54, 1.807) is 16.4 Å². The van der Waals surface area contributed by atoms with Crippen LogP contribution in [0.4, 0.5) is 5.82 Å². The highest BCUT2D eigenvalue weighted by atomic mass is 32.1. The van der Waals surface area contributed by atoms with Crippen molar-refractivity contribution in [3.63, 3.8) is 0 Å². The van der Waals surface area contributed by atoms with E-state index in [9.17, 15) is 9.59 Å². The number of aromatic nitrogens is 1. The summed E-state index contributed by atoms with van der Waals surface area (Å²) in [5.74, 6) is 3.29. The predicted molar refractivity (Wildman–Crippen MR) is 140 cm³/mol. The first kappa shape index (κ1) is 23.4. The molecule has 2 saturated carbocycles. The van der Waals surface area contributed by atoms with Crippen LogP contribution >= 0.6 is 11.5 Å². The number of hydrogen-bond donors (Lipinski definition) is 0. The fraction of sp³-hybridized carbons (Fsp3) is 0.679. The Balaban J connectivity index is 1.07. The van der Waals surface area contributed by atoms with E-state index in [0.29, 0.717) is 30.2 Å². The van der Waals surface area contributed by atoms with Gasteiger partial charge >= 0.3 is 0 Å². The van der Waals surface area contributed by atoms with Crippen molar-refractivity contribution in [2.45, 2.75) is 46.0 Å². The first-order chi connectivity index (χ1) is 17.1. The number of carbonyl (C=O) groups excluding carboxylic acids is 2. The number of carbonyl (C=O) groups is 2. The lowest BCUT2D eigenvalue weighted by molar-refractivity contribution is -0.141. The molecule has 2 saturated heterocycles. The van der Waals surface area contributed by atoms with Crippen molar-refractivity contribution >= 4 is 39.3 Å². The Morgan fingerprint density at radius 1 is 0.914 bits per heavy atom. The first-order valence-electron chi connectivity index (χ1n) is 13.8. The summed E-state index contributed by atoms with van der Waals surface area (Å²) >= 11 is 1.59. The summed E-state index contributed by atoms with van der Waals surface area (Å²) in [6, 6.07) is 8.51. The molecule has 2 aliphatic heterocycles. The Kier molecular flexibility index (Phi) is 6.33. The number of piperazine rings is 1. The van der Waals surface area contributed by atoms with Crippen molar-refractivity contribution in [3.05, 3.63) is 24.3 Å². The molecule has 4 fully saturated rings. The summed E-state index contributed by atoms with van der Waals surface area (Å²) in [5.41, 5.74) is 0. The highest BCUT2D eigenvalue weighted by Gasteiger charge is 2.60. The van der Waals surface area contributed by atoms with Crippen LogP contribution in [-0.2, 0) is 9.59 Å². The summed E-state index contributed by atoms with van der Waals surface area (Å²) in [6.45, 7) is 10.2. The zero-order chi connectivity index (χ0) is 24.1. The highest BCUT2D eigenvalue weighted by molar-refractivity contribution is 7.13. The molecule has 6 atom stereocenters. The molecule has 2 amide bonds. The molecule has 0 N–H and O–H groups in total. The van der Waals surface area contributed by atoms with Gasteiger partial charge in [0.25, 0.3) is 0 Å². The van der Waals surface area contributed by atoms with E-state index >= 15 is 0 Å². The normalized spacial score (nSPS) is 30.5. The van der Waals surface area contributed by atoms with Gasteiger partial charge in [0, 0.05) is 44.7 Å². The van der Waals surface area contributed by atoms with E-state index in [0.717, 1.165) is 70.6 Å². The SMILES string of the molecule is CCC(CN1CCN(c2nsc3ccccc23)CC1)C(CC)CN1C(=O)C2[C@H]3CC[C@H](C3)[C@H]2C1=O. The molecule has 2 aromatic rings. The zero-order valence-corrected chi connectivity index (χ0v) is 21.9. The number of nitrogens with zero attached hydrogens (tertiary/aromatic N) is 4. The van der Waals surface area contributed by atoms with Gasteiger partial charge in [-0.2, -0.15) is 4.37 Å². The molecular weight excluding hydrogens is 456 g/mol. The number of anilines is 1. The Morgan fingerprint density at radius 2 is 1.54 bits per heavy atom. The number of benzene rings is 1. The maximum atomic E-state index is 13.3. The van der Waals surface area contributed by atoms with Gasteiger partial charge in [-0.25, -0.2) is 0 Å². The third kappa shape index (κ3) is 3.99. The van der Waals surface area contributed by atoms with Crippen molar-refractivity contribution in [1.29, 1.82) is 0 Å². The largest absolute Gasteiger partial charge is 0.353 e. The Morgan fingerprint density at radius 3 is 2.20 bits per heavy atom. The van der Waals surface area contributed by atoms with Gasteiger partial charge in [-0.05, 0) is 66.6 Å². The first-order valence-corrected chi connectivity index (χ1v) is 14.5. The van der Waals surface area contributed by atoms with E-state index in [-0.39, 0.29) is 23.7 Å². The van der Waals surface area contributed by atoms with Crippen LogP contribution in [0.2, 0.25) is 0 Å². The molecule has 4 aliphatic rings. The minimum atomic E-state index is 0.00806. The van der Waals surface area contributed by atoms with E-state index in [4.69, 9.17) is 4.37 Å². The minimum Gasteiger partial charge on any atom is -0.353 e. The second-order valence-electron chi connectivity index (χ2n) is 11.3. The van der Waals surface area contributed by atoms with E-state index < -0.39 is 0 Å². The molecule has 0 radical (unpaired) electrons. The standard InChI is InChI=1S/C28H38N4O2S/c1-3-18(16-30-11-13-31(14-12-30)26-22-7-5-6-8-23(22)35-29-26)19(4-2)17-32-27(33)24-20-9-10-21(15-20)25(24)28(32)34/h5-8,18-21,24-25H,3-4,9-17H2,1-2H3/t18?,19?,20-,21+,24-,25?/m1/s1. The lowest BCUT2D eigenvalue weighted by Gasteiger charge is -2.38. The molecule has 0 spiro atoms. The molecule has 188 valence electrons. The summed E-state index contributed by atoms with van der Waals surface area (Å²) in [4.78, 5) is 33.2. The lowest BCUT2D eigenvalue weighted by Crippen LogP contribution is -2.49. The van der Waals surface area contributed by atoms with Crippen molar-refractivity contribution in [1.82, 2.24) is 14.2 Å². The molecule has 7 heteroatoms. The molecule has 6 rings (SSSR count). The predicted octanol–water partition coefficient (Wildman–Crippen LogP) is 4.50. The van der Waals surface area contributed by atoms with Gasteiger partial charge in [-0.15, -0.1) is 0 Å². The molecule has 1 aromatic heterocycles. The Labute approximate surface area is 212 Å². The van der Waals surface area contributed by atoms with Gasteiger partial charge in [-0.1, -0.05) is 38.8 Å². The van der Waals surface area contributed by atoms with Crippen LogP contribution in [-0.4, -0.2) is 65.3 Å². The van der Waals surface area contributed by atoms with Crippen molar-refractivity contribution < 1.29 is 9.59 Å². The number of fused-ring (bicyclic) bond motifs is 6. The van der Waals surface area contributed by atoms with Crippen LogP contribution in [0.25, 0.3) is 10.1 Å². The van der Waals surface area contributed by atoms with Gasteiger partial charge in [0.05, 0.1) is 16.5 Å². The van der Waals surface area contributed by atoms with Crippen LogP contribution in [0.3, 0.4) is 0 Å². The summed E-state index contributed by atoms with van der Waals surface area (Å²) in [5, 5.41) is 1.27. The van der Waals surface area contributed by atoms with Crippen LogP contribution in [0.15, 0.2) is 24.3 Å². The average molecular weight is 495 g/mol. The second-order valence-corrected chi connectivity index (χ2v) is 12.1. The lowest BCUT2D eigenvalue weighted by atomic mass is 9.81. The molecule has 2 bridgehead atoms. The minimum absolute atomic E-state index is 0.00806. The topological polar surface area (TPSA) is 56.8 Å². The Bertz CT molecular complexity index is 1070. The third-order valence-corrected chi connectivity index (χ3v) is 10.5. The van der Waals surface area contributed by atoms with E-state index in [1.165, 1.54) is 10.1 Å². The van der Waals surface area contributed by atoms with Gasteiger partial charge in [0.15, 0.2) is 0 Å². The molecule has 6 nitrogen and oxygen atoms in total. The summed E-state index contributed by atoms with van der Waals surface area (Å²) in [7, 11) is 0. The van der Waals surface area contributed by atoms with Gasteiger partial charge < -0.3 is 4.90 Å². The quantitative estimate of drug-likeness (QED) is 0.506. The maximum Gasteiger partial charge on any atom is 0.233 e. The number of imide groups is 1. The zero-order valence-electron chi connectivity index (χ0n) is 21.1. The van der Waals surface area contributed by atoms with E-state index in [2.05, 4.69) is 47.9 Å². The third-order valence-electron chi connectivity index (χ3n) is 9.67. The fourth-order valence-corrected chi connectivity index (χ4v) is 8.48. The Hall–Kier alpha value is -1.99. The fourth-order valence-electron chi connectivity index (χ4n) is 7.68.